The molecule has 1 aliphatic rings. The molecule has 1 heterocycles. The maximum Gasteiger partial charge on any atom is 0.243 e. The van der Waals surface area contributed by atoms with Gasteiger partial charge in [-0.2, -0.15) is 0 Å². The number of morpholine rings is 1. The largest absolute Gasteiger partial charge is 0.379 e. The summed E-state index contributed by atoms with van der Waals surface area (Å²) in [6, 6.07) is 7.89. The van der Waals surface area contributed by atoms with Crippen LogP contribution < -0.4 is 16.0 Å². The highest BCUT2D eigenvalue weighted by molar-refractivity contribution is 5.95. The van der Waals surface area contributed by atoms with Gasteiger partial charge in [-0.25, -0.2) is 0 Å². The summed E-state index contributed by atoms with van der Waals surface area (Å²) >= 11 is 0. The third-order valence-corrected chi connectivity index (χ3v) is 4.08. The second-order valence-corrected chi connectivity index (χ2v) is 5.91. The van der Waals surface area contributed by atoms with E-state index >= 15 is 0 Å². The number of amides is 1. The van der Waals surface area contributed by atoms with E-state index in [1.807, 2.05) is 24.3 Å². The maximum absolute atomic E-state index is 12.1. The Hall–Kier alpha value is -2.12. The number of rotatable bonds is 7. The van der Waals surface area contributed by atoms with E-state index in [1.54, 1.807) is 7.05 Å². The minimum absolute atomic E-state index is 0.0932. The summed E-state index contributed by atoms with van der Waals surface area (Å²) < 4.78 is 5.33. The summed E-state index contributed by atoms with van der Waals surface area (Å²) in [5, 5.41) is 9.17. The van der Waals surface area contributed by atoms with E-state index in [-0.39, 0.29) is 12.5 Å². The van der Waals surface area contributed by atoms with E-state index in [4.69, 9.17) is 4.74 Å². The van der Waals surface area contributed by atoms with E-state index in [0.29, 0.717) is 5.96 Å². The Morgan fingerprint density at radius 3 is 2.80 bits per heavy atom. The van der Waals surface area contributed by atoms with Gasteiger partial charge in [0.25, 0.3) is 0 Å². The number of ether oxygens (including phenoxy) is 1. The normalized spacial score (nSPS) is 15.7. The predicted molar refractivity (Wildman–Crippen MR) is 101 cm³/mol. The van der Waals surface area contributed by atoms with Gasteiger partial charge in [0, 0.05) is 38.9 Å². The summed E-state index contributed by atoms with van der Waals surface area (Å²) in [5.74, 6) is 0.537. The standard InChI is InChI=1S/C18H29N5O2/c1-3-15-5-4-6-16(13-15)22-17(24)14-21-18(19-2)20-7-8-23-9-11-25-12-10-23/h4-6,13H,3,7-12,14H2,1-2H3,(H,22,24)(H2,19,20,21). The number of guanidine groups is 1. The molecular weight excluding hydrogens is 318 g/mol. The molecule has 7 nitrogen and oxygen atoms in total. The van der Waals surface area contributed by atoms with Crippen molar-refractivity contribution in [2.75, 3.05) is 58.3 Å². The van der Waals surface area contributed by atoms with Crippen LogP contribution in [0, 0.1) is 0 Å². The van der Waals surface area contributed by atoms with Crippen molar-refractivity contribution in [1.82, 2.24) is 15.5 Å². The second-order valence-electron chi connectivity index (χ2n) is 5.91. The van der Waals surface area contributed by atoms with Gasteiger partial charge < -0.3 is 20.7 Å². The number of hydrogen-bond donors (Lipinski definition) is 3. The first-order valence-corrected chi connectivity index (χ1v) is 8.84. The first-order valence-electron chi connectivity index (χ1n) is 8.84. The van der Waals surface area contributed by atoms with Crippen LogP contribution in [0.1, 0.15) is 12.5 Å². The van der Waals surface area contributed by atoms with Gasteiger partial charge in [0.2, 0.25) is 5.91 Å². The van der Waals surface area contributed by atoms with Gasteiger partial charge in [0.15, 0.2) is 5.96 Å². The molecule has 25 heavy (non-hydrogen) atoms. The van der Waals surface area contributed by atoms with E-state index < -0.39 is 0 Å². The Bertz CT molecular complexity index is 570. The van der Waals surface area contributed by atoms with Crippen molar-refractivity contribution >= 4 is 17.6 Å². The number of nitrogens with one attached hydrogen (secondary N) is 3. The van der Waals surface area contributed by atoms with Crippen LogP contribution in [0.2, 0.25) is 0 Å². The number of nitrogens with zero attached hydrogens (tertiary/aromatic N) is 2. The number of carbonyl (C=O) groups is 1. The molecule has 0 bridgehead atoms. The van der Waals surface area contributed by atoms with Crippen LogP contribution in [-0.2, 0) is 16.0 Å². The Balaban J connectivity index is 1.67. The molecule has 1 aliphatic heterocycles. The number of aryl methyl sites for hydroxylation is 1. The summed E-state index contributed by atoms with van der Waals surface area (Å²) in [5.41, 5.74) is 2.02. The molecule has 1 aromatic rings. The molecule has 1 aromatic carbocycles. The Kier molecular flexibility index (Phi) is 8.21. The fourth-order valence-corrected chi connectivity index (χ4v) is 2.62. The third-order valence-electron chi connectivity index (χ3n) is 4.08. The van der Waals surface area contributed by atoms with Crippen molar-refractivity contribution in [3.63, 3.8) is 0 Å². The highest BCUT2D eigenvalue weighted by Crippen LogP contribution is 2.10. The molecule has 0 spiro atoms. The molecule has 1 fully saturated rings. The van der Waals surface area contributed by atoms with Crippen molar-refractivity contribution in [2.45, 2.75) is 13.3 Å². The van der Waals surface area contributed by atoms with Gasteiger partial charge in [-0.15, -0.1) is 0 Å². The van der Waals surface area contributed by atoms with Gasteiger partial charge in [-0.3, -0.25) is 14.7 Å². The lowest BCUT2D eigenvalue weighted by molar-refractivity contribution is -0.115. The van der Waals surface area contributed by atoms with E-state index in [2.05, 4.69) is 32.8 Å². The number of aliphatic imine (C=N–C) groups is 1. The monoisotopic (exact) mass is 347 g/mol. The van der Waals surface area contributed by atoms with Crippen molar-refractivity contribution < 1.29 is 9.53 Å². The SMILES string of the molecule is CCc1cccc(NC(=O)CNC(=NC)NCCN2CCOCC2)c1. The Labute approximate surface area is 149 Å². The number of carbonyl (C=O) groups excluding carboxylic acids is 1. The van der Waals surface area contributed by atoms with Gasteiger partial charge in [-0.05, 0) is 24.1 Å². The van der Waals surface area contributed by atoms with Gasteiger partial charge in [-0.1, -0.05) is 19.1 Å². The summed E-state index contributed by atoms with van der Waals surface area (Å²) in [6.45, 7) is 7.50. The lowest BCUT2D eigenvalue weighted by Gasteiger charge is -2.26. The van der Waals surface area contributed by atoms with Crippen LogP contribution in [0.5, 0.6) is 0 Å². The molecule has 2 rings (SSSR count). The van der Waals surface area contributed by atoms with E-state index in [1.165, 1.54) is 5.56 Å². The molecule has 0 atom stereocenters. The molecule has 0 aliphatic carbocycles. The first kappa shape index (κ1) is 19.2. The number of hydrogen-bond acceptors (Lipinski definition) is 4. The second kappa shape index (κ2) is 10.7. The zero-order valence-electron chi connectivity index (χ0n) is 15.2. The minimum Gasteiger partial charge on any atom is -0.379 e. The van der Waals surface area contributed by atoms with Crippen LogP contribution in [-0.4, -0.2) is 69.8 Å². The average molecular weight is 347 g/mol. The molecule has 138 valence electrons. The maximum atomic E-state index is 12.1. The lowest BCUT2D eigenvalue weighted by atomic mass is 10.1. The quantitative estimate of drug-likeness (QED) is 0.500. The topological polar surface area (TPSA) is 78.0 Å². The Morgan fingerprint density at radius 2 is 2.08 bits per heavy atom. The smallest absolute Gasteiger partial charge is 0.243 e. The minimum atomic E-state index is -0.0932. The number of benzene rings is 1. The molecule has 1 saturated heterocycles. The van der Waals surface area contributed by atoms with Gasteiger partial charge in [0.05, 0.1) is 19.8 Å². The fraction of sp³-hybridized carbons (Fsp3) is 0.556. The zero-order chi connectivity index (χ0) is 17.9. The van der Waals surface area contributed by atoms with Crippen molar-refractivity contribution in [3.05, 3.63) is 29.8 Å². The molecule has 3 N–H and O–H groups in total. The summed E-state index contributed by atoms with van der Waals surface area (Å²) in [6.07, 6.45) is 0.946. The van der Waals surface area contributed by atoms with Crippen LogP contribution in [0.15, 0.2) is 29.3 Å². The predicted octanol–water partition coefficient (Wildman–Crippen LogP) is 0.685. The molecule has 0 aromatic heterocycles. The molecule has 0 saturated carbocycles. The van der Waals surface area contributed by atoms with Crippen LogP contribution in [0.4, 0.5) is 5.69 Å². The highest BCUT2D eigenvalue weighted by Gasteiger charge is 2.10. The van der Waals surface area contributed by atoms with Gasteiger partial charge in [0.1, 0.15) is 0 Å². The summed E-state index contributed by atoms with van der Waals surface area (Å²) in [7, 11) is 1.70. The summed E-state index contributed by atoms with van der Waals surface area (Å²) in [4.78, 5) is 18.6. The Morgan fingerprint density at radius 1 is 1.28 bits per heavy atom. The van der Waals surface area contributed by atoms with E-state index in [9.17, 15) is 4.79 Å². The van der Waals surface area contributed by atoms with Gasteiger partial charge >= 0.3 is 0 Å². The van der Waals surface area contributed by atoms with Crippen LogP contribution in [0.25, 0.3) is 0 Å². The van der Waals surface area contributed by atoms with Crippen LogP contribution >= 0.6 is 0 Å². The van der Waals surface area contributed by atoms with Crippen molar-refractivity contribution in [3.8, 4) is 0 Å². The van der Waals surface area contributed by atoms with Crippen LogP contribution in [0.3, 0.4) is 0 Å². The molecule has 7 heteroatoms. The molecule has 1 amide bonds. The average Bonchev–Trinajstić information content (AvgIpc) is 2.65. The van der Waals surface area contributed by atoms with Crippen molar-refractivity contribution in [1.29, 1.82) is 0 Å². The number of anilines is 1. The fourth-order valence-electron chi connectivity index (χ4n) is 2.62. The van der Waals surface area contributed by atoms with Crippen molar-refractivity contribution in [2.24, 2.45) is 4.99 Å². The molecule has 0 radical (unpaired) electrons. The first-order chi connectivity index (χ1) is 12.2. The zero-order valence-corrected chi connectivity index (χ0v) is 15.2. The molecule has 0 unspecified atom stereocenters. The highest BCUT2D eigenvalue weighted by atomic mass is 16.5. The third kappa shape index (κ3) is 7.11. The molecular formula is C18H29N5O2. The lowest BCUT2D eigenvalue weighted by Crippen LogP contribution is -2.45. The van der Waals surface area contributed by atoms with E-state index in [0.717, 1.165) is 51.5 Å².